The van der Waals surface area contributed by atoms with Gasteiger partial charge < -0.3 is 10.1 Å². The van der Waals surface area contributed by atoms with Crippen molar-refractivity contribution in [3.63, 3.8) is 0 Å². The molecule has 0 aliphatic heterocycles. The van der Waals surface area contributed by atoms with Gasteiger partial charge in [0.1, 0.15) is 11.6 Å². The highest BCUT2D eigenvalue weighted by atomic mass is 19.1. The van der Waals surface area contributed by atoms with E-state index in [1.807, 2.05) is 6.92 Å². The lowest BCUT2D eigenvalue weighted by molar-refractivity contribution is -0.385. The maximum Gasteiger partial charge on any atom is 0.273 e. The second-order valence-corrected chi connectivity index (χ2v) is 4.61. The summed E-state index contributed by atoms with van der Waals surface area (Å²) in [6.45, 7) is 2.19. The van der Waals surface area contributed by atoms with E-state index in [2.05, 4.69) is 5.32 Å². The average Bonchev–Trinajstić information content (AvgIpc) is 2.47. The van der Waals surface area contributed by atoms with Crippen LogP contribution >= 0.6 is 0 Å². The molecule has 0 fully saturated rings. The molecule has 0 saturated carbocycles. The van der Waals surface area contributed by atoms with Gasteiger partial charge in [-0.1, -0.05) is 6.07 Å². The molecule has 0 heterocycles. The highest BCUT2D eigenvalue weighted by Crippen LogP contribution is 2.24. The number of nitrogens with one attached hydrogen (secondary N) is 1. The Balaban J connectivity index is 2.21. The van der Waals surface area contributed by atoms with Gasteiger partial charge in [0, 0.05) is 18.3 Å². The molecule has 0 saturated heterocycles. The van der Waals surface area contributed by atoms with Gasteiger partial charge in [0.25, 0.3) is 5.69 Å². The molecule has 0 aromatic heterocycles. The van der Waals surface area contributed by atoms with Gasteiger partial charge in [-0.2, -0.15) is 0 Å². The van der Waals surface area contributed by atoms with Gasteiger partial charge in [-0.15, -0.1) is 0 Å². The van der Waals surface area contributed by atoms with Crippen molar-refractivity contribution in [1.29, 1.82) is 0 Å². The van der Waals surface area contributed by atoms with Gasteiger partial charge in [-0.05, 0) is 36.2 Å². The van der Waals surface area contributed by atoms with Crippen LogP contribution in [0.5, 0.6) is 5.75 Å². The summed E-state index contributed by atoms with van der Waals surface area (Å²) in [7, 11) is 1.45. The first-order chi connectivity index (χ1) is 9.99. The SMILES string of the molecule is COc1cc(CNc2cc(F)ccc2C)cc([N+](=O)[O-])c1. The van der Waals surface area contributed by atoms with Crippen molar-refractivity contribution < 1.29 is 14.1 Å². The molecule has 0 aliphatic rings. The summed E-state index contributed by atoms with van der Waals surface area (Å²) in [6, 6.07) is 8.97. The second-order valence-electron chi connectivity index (χ2n) is 4.61. The summed E-state index contributed by atoms with van der Waals surface area (Å²) in [5, 5.41) is 13.9. The third-order valence-electron chi connectivity index (χ3n) is 3.08. The number of nitrogens with zero attached hydrogens (tertiary/aromatic N) is 1. The quantitative estimate of drug-likeness (QED) is 0.674. The molecule has 2 rings (SSSR count). The zero-order valence-corrected chi connectivity index (χ0v) is 11.7. The van der Waals surface area contributed by atoms with Crippen LogP contribution < -0.4 is 10.1 Å². The minimum atomic E-state index is -0.473. The van der Waals surface area contributed by atoms with Crippen molar-refractivity contribution in [2.24, 2.45) is 0 Å². The van der Waals surface area contributed by atoms with Crippen molar-refractivity contribution in [3.8, 4) is 5.75 Å². The van der Waals surface area contributed by atoms with E-state index in [0.717, 1.165) is 5.56 Å². The zero-order valence-electron chi connectivity index (χ0n) is 11.7. The van der Waals surface area contributed by atoms with Crippen LogP contribution in [-0.4, -0.2) is 12.0 Å². The van der Waals surface area contributed by atoms with Crippen LogP contribution in [0.15, 0.2) is 36.4 Å². The predicted octanol–water partition coefficient (Wildman–Crippen LogP) is 3.66. The van der Waals surface area contributed by atoms with Crippen LogP contribution in [0.1, 0.15) is 11.1 Å². The molecule has 0 radical (unpaired) electrons. The van der Waals surface area contributed by atoms with E-state index in [4.69, 9.17) is 4.74 Å². The van der Waals surface area contributed by atoms with Crippen molar-refractivity contribution in [2.75, 3.05) is 12.4 Å². The molecule has 1 N–H and O–H groups in total. The third kappa shape index (κ3) is 3.68. The van der Waals surface area contributed by atoms with E-state index in [1.54, 1.807) is 12.1 Å². The lowest BCUT2D eigenvalue weighted by atomic mass is 10.1. The van der Waals surface area contributed by atoms with Crippen LogP contribution in [-0.2, 0) is 6.54 Å². The molecule has 0 bridgehead atoms. The van der Waals surface area contributed by atoms with E-state index in [9.17, 15) is 14.5 Å². The van der Waals surface area contributed by atoms with E-state index >= 15 is 0 Å². The molecule has 2 aromatic carbocycles. The summed E-state index contributed by atoms with van der Waals surface area (Å²) >= 11 is 0. The predicted molar refractivity (Wildman–Crippen MR) is 78.1 cm³/mol. The fourth-order valence-electron chi connectivity index (χ4n) is 1.95. The fraction of sp³-hybridized carbons (Fsp3) is 0.200. The number of nitro benzene ring substituents is 1. The van der Waals surface area contributed by atoms with Crippen LogP contribution in [0.25, 0.3) is 0 Å². The number of non-ortho nitro benzene ring substituents is 1. The average molecular weight is 290 g/mol. The number of anilines is 1. The fourth-order valence-corrected chi connectivity index (χ4v) is 1.95. The number of methoxy groups -OCH3 is 1. The van der Waals surface area contributed by atoms with E-state index in [1.165, 1.54) is 31.4 Å². The molecular weight excluding hydrogens is 275 g/mol. The molecule has 0 amide bonds. The number of aryl methyl sites for hydroxylation is 1. The number of nitro groups is 1. The molecule has 5 nitrogen and oxygen atoms in total. The minimum Gasteiger partial charge on any atom is -0.496 e. The molecule has 0 unspecified atom stereocenters. The molecule has 21 heavy (non-hydrogen) atoms. The summed E-state index contributed by atoms with van der Waals surface area (Å²) in [6.07, 6.45) is 0. The van der Waals surface area contributed by atoms with Gasteiger partial charge in [0.05, 0.1) is 18.1 Å². The Labute approximate surface area is 121 Å². The van der Waals surface area contributed by atoms with Crippen molar-refractivity contribution in [3.05, 3.63) is 63.5 Å². The standard InChI is InChI=1S/C15H15FN2O3/c1-10-3-4-12(16)7-15(10)17-9-11-5-13(18(19)20)8-14(6-11)21-2/h3-8,17H,9H2,1-2H3. The summed E-state index contributed by atoms with van der Waals surface area (Å²) in [5.74, 6) is 0.0803. The lowest BCUT2D eigenvalue weighted by Gasteiger charge is -2.10. The second kappa shape index (κ2) is 6.21. The monoisotopic (exact) mass is 290 g/mol. The number of rotatable bonds is 5. The van der Waals surface area contributed by atoms with Crippen LogP contribution in [0.3, 0.4) is 0 Å². The number of hydrogen-bond acceptors (Lipinski definition) is 4. The van der Waals surface area contributed by atoms with Crippen molar-refractivity contribution >= 4 is 11.4 Å². The Hall–Kier alpha value is -2.63. The Morgan fingerprint density at radius 3 is 2.71 bits per heavy atom. The molecule has 0 atom stereocenters. The molecular formula is C15H15FN2O3. The Bertz CT molecular complexity index is 674. The van der Waals surface area contributed by atoms with Crippen molar-refractivity contribution in [1.82, 2.24) is 0 Å². The topological polar surface area (TPSA) is 64.4 Å². The van der Waals surface area contributed by atoms with Gasteiger partial charge in [-0.25, -0.2) is 4.39 Å². The third-order valence-corrected chi connectivity index (χ3v) is 3.08. The zero-order chi connectivity index (χ0) is 15.4. The van der Waals surface area contributed by atoms with Gasteiger partial charge >= 0.3 is 0 Å². The maximum absolute atomic E-state index is 13.2. The lowest BCUT2D eigenvalue weighted by Crippen LogP contribution is -2.03. The number of ether oxygens (including phenoxy) is 1. The normalized spacial score (nSPS) is 10.2. The first-order valence-electron chi connectivity index (χ1n) is 6.32. The Kier molecular flexibility index (Phi) is 4.37. The first-order valence-corrected chi connectivity index (χ1v) is 6.32. The van der Waals surface area contributed by atoms with Gasteiger partial charge in [0.15, 0.2) is 0 Å². The molecule has 0 spiro atoms. The highest BCUT2D eigenvalue weighted by molar-refractivity contribution is 5.52. The molecule has 0 aliphatic carbocycles. The first kappa shape index (κ1) is 14.8. The van der Waals surface area contributed by atoms with Crippen LogP contribution in [0.2, 0.25) is 0 Å². The summed E-state index contributed by atoms with van der Waals surface area (Å²) in [5.41, 5.74) is 2.20. The minimum absolute atomic E-state index is 0.0397. The largest absolute Gasteiger partial charge is 0.496 e. The van der Waals surface area contributed by atoms with Gasteiger partial charge in [-0.3, -0.25) is 10.1 Å². The van der Waals surface area contributed by atoms with Crippen LogP contribution in [0, 0.1) is 22.9 Å². The van der Waals surface area contributed by atoms with E-state index in [-0.39, 0.29) is 11.5 Å². The Morgan fingerprint density at radius 2 is 2.05 bits per heavy atom. The molecule has 110 valence electrons. The molecule has 2 aromatic rings. The smallest absolute Gasteiger partial charge is 0.273 e. The number of halogens is 1. The summed E-state index contributed by atoms with van der Waals surface area (Å²) < 4.78 is 18.3. The number of hydrogen-bond donors (Lipinski definition) is 1. The van der Waals surface area contributed by atoms with E-state index in [0.29, 0.717) is 23.5 Å². The van der Waals surface area contributed by atoms with E-state index < -0.39 is 4.92 Å². The number of benzene rings is 2. The van der Waals surface area contributed by atoms with Crippen LogP contribution in [0.4, 0.5) is 15.8 Å². The Morgan fingerprint density at radius 1 is 1.29 bits per heavy atom. The highest BCUT2D eigenvalue weighted by Gasteiger charge is 2.10. The van der Waals surface area contributed by atoms with Gasteiger partial charge in [0.2, 0.25) is 0 Å². The molecule has 6 heteroatoms. The maximum atomic E-state index is 13.2. The summed E-state index contributed by atoms with van der Waals surface area (Å²) in [4.78, 5) is 10.4. The van der Waals surface area contributed by atoms with Crippen molar-refractivity contribution in [2.45, 2.75) is 13.5 Å².